The molecule has 20 heavy (non-hydrogen) atoms. The van der Waals surface area contributed by atoms with Crippen molar-refractivity contribution < 1.29 is 4.74 Å². The van der Waals surface area contributed by atoms with Gasteiger partial charge in [-0.1, -0.05) is 0 Å². The van der Waals surface area contributed by atoms with Gasteiger partial charge < -0.3 is 9.72 Å². The molecular weight excluding hydrogens is 256 g/mol. The minimum absolute atomic E-state index is 0.0429. The van der Waals surface area contributed by atoms with Gasteiger partial charge in [0.2, 0.25) is 0 Å². The van der Waals surface area contributed by atoms with Crippen LogP contribution in [-0.4, -0.2) is 52.3 Å². The van der Waals surface area contributed by atoms with Crippen LogP contribution >= 0.6 is 0 Å². The lowest BCUT2D eigenvalue weighted by atomic mass is 10.3. The molecule has 2 aromatic heterocycles. The summed E-state index contributed by atoms with van der Waals surface area (Å²) in [5.74, 6) is 0. The fourth-order valence-corrected chi connectivity index (χ4v) is 2.62. The van der Waals surface area contributed by atoms with Crippen molar-refractivity contribution >= 4 is 11.0 Å². The number of rotatable bonds is 4. The maximum absolute atomic E-state index is 12.3. The summed E-state index contributed by atoms with van der Waals surface area (Å²) in [6, 6.07) is 1.86. The van der Waals surface area contributed by atoms with Crippen molar-refractivity contribution in [2.24, 2.45) is 0 Å². The Morgan fingerprint density at radius 2 is 2.15 bits per heavy atom. The van der Waals surface area contributed by atoms with E-state index in [-0.39, 0.29) is 5.56 Å². The summed E-state index contributed by atoms with van der Waals surface area (Å²) >= 11 is 0. The van der Waals surface area contributed by atoms with Crippen LogP contribution in [0.2, 0.25) is 0 Å². The Kier molecular flexibility index (Phi) is 3.84. The van der Waals surface area contributed by atoms with E-state index in [0.29, 0.717) is 17.6 Å². The van der Waals surface area contributed by atoms with E-state index in [9.17, 15) is 4.79 Å². The van der Waals surface area contributed by atoms with E-state index in [1.165, 1.54) is 0 Å². The molecule has 1 fully saturated rings. The fraction of sp³-hybridized carbons (Fsp3) is 0.571. The van der Waals surface area contributed by atoms with Crippen LogP contribution < -0.4 is 5.56 Å². The highest BCUT2D eigenvalue weighted by molar-refractivity contribution is 5.74. The number of hydrogen-bond acceptors (Lipinski definition) is 4. The zero-order valence-electron chi connectivity index (χ0n) is 11.8. The summed E-state index contributed by atoms with van der Waals surface area (Å²) in [4.78, 5) is 22.1. The van der Waals surface area contributed by atoms with Crippen LogP contribution in [0.1, 0.15) is 12.1 Å². The molecule has 0 aromatic carbocycles. The van der Waals surface area contributed by atoms with Crippen LogP contribution in [0.5, 0.6) is 0 Å². The molecule has 0 unspecified atom stereocenters. The first-order chi connectivity index (χ1) is 9.74. The third-order valence-corrected chi connectivity index (χ3v) is 3.73. The summed E-state index contributed by atoms with van der Waals surface area (Å²) in [6.07, 6.45) is 2.59. The number of nitrogens with zero attached hydrogens (tertiary/aromatic N) is 3. The van der Waals surface area contributed by atoms with Crippen LogP contribution in [0.15, 0.2) is 17.2 Å². The highest BCUT2D eigenvalue weighted by Gasteiger charge is 2.10. The minimum atomic E-state index is 0.0429. The van der Waals surface area contributed by atoms with Gasteiger partial charge in [-0.15, -0.1) is 0 Å². The highest BCUT2D eigenvalue weighted by Crippen LogP contribution is 2.07. The maximum Gasteiger partial charge on any atom is 0.262 e. The summed E-state index contributed by atoms with van der Waals surface area (Å²) in [5, 5.41) is 0.677. The number of aromatic nitrogens is 3. The average Bonchev–Trinajstić information content (AvgIpc) is 2.84. The number of hydrogen-bond donors (Lipinski definition) is 1. The molecule has 1 aliphatic rings. The van der Waals surface area contributed by atoms with Gasteiger partial charge in [0.05, 0.1) is 24.9 Å². The third-order valence-electron chi connectivity index (χ3n) is 3.73. The van der Waals surface area contributed by atoms with Crippen molar-refractivity contribution in [2.75, 3.05) is 32.8 Å². The molecule has 0 spiro atoms. The molecule has 0 amide bonds. The molecule has 0 atom stereocenters. The third kappa shape index (κ3) is 2.76. The summed E-state index contributed by atoms with van der Waals surface area (Å²) in [7, 11) is 0. The van der Waals surface area contributed by atoms with Gasteiger partial charge in [-0.05, 0) is 19.4 Å². The molecule has 108 valence electrons. The van der Waals surface area contributed by atoms with Gasteiger partial charge in [-0.25, -0.2) is 4.98 Å². The Bertz CT molecular complexity index is 640. The van der Waals surface area contributed by atoms with E-state index >= 15 is 0 Å². The van der Waals surface area contributed by atoms with Gasteiger partial charge in [0, 0.05) is 31.9 Å². The van der Waals surface area contributed by atoms with Gasteiger partial charge in [-0.2, -0.15) is 0 Å². The van der Waals surface area contributed by atoms with E-state index in [1.807, 2.05) is 13.0 Å². The first kappa shape index (κ1) is 13.3. The minimum Gasteiger partial charge on any atom is -0.379 e. The normalized spacial score (nSPS) is 16.9. The molecule has 6 nitrogen and oxygen atoms in total. The number of nitrogens with one attached hydrogen (secondary N) is 1. The van der Waals surface area contributed by atoms with Crippen molar-refractivity contribution in [1.82, 2.24) is 19.4 Å². The van der Waals surface area contributed by atoms with Crippen LogP contribution in [0.25, 0.3) is 11.0 Å². The molecule has 0 bridgehead atoms. The number of ether oxygens (including phenoxy) is 1. The zero-order chi connectivity index (χ0) is 13.9. The predicted octanol–water partition coefficient (Wildman–Crippen LogP) is 0.755. The topological polar surface area (TPSA) is 63.1 Å². The van der Waals surface area contributed by atoms with E-state index in [1.54, 1.807) is 10.9 Å². The van der Waals surface area contributed by atoms with Gasteiger partial charge in [0.25, 0.3) is 5.56 Å². The van der Waals surface area contributed by atoms with Crippen molar-refractivity contribution in [3.8, 4) is 0 Å². The summed E-state index contributed by atoms with van der Waals surface area (Å²) in [5.41, 5.74) is 1.69. The van der Waals surface area contributed by atoms with Gasteiger partial charge in [0.1, 0.15) is 5.65 Å². The maximum atomic E-state index is 12.3. The summed E-state index contributed by atoms with van der Waals surface area (Å²) < 4.78 is 7.03. The second-order valence-electron chi connectivity index (χ2n) is 5.27. The van der Waals surface area contributed by atoms with E-state index in [2.05, 4.69) is 14.9 Å². The van der Waals surface area contributed by atoms with Crippen LogP contribution in [0, 0.1) is 6.92 Å². The predicted molar refractivity (Wildman–Crippen MR) is 77.0 cm³/mol. The van der Waals surface area contributed by atoms with Gasteiger partial charge in [0.15, 0.2) is 0 Å². The van der Waals surface area contributed by atoms with Gasteiger partial charge in [-0.3, -0.25) is 14.3 Å². The number of morpholine rings is 1. The lowest BCUT2D eigenvalue weighted by Crippen LogP contribution is -2.37. The van der Waals surface area contributed by atoms with E-state index in [4.69, 9.17) is 4.74 Å². The molecule has 0 radical (unpaired) electrons. The van der Waals surface area contributed by atoms with Crippen molar-refractivity contribution in [3.05, 3.63) is 28.4 Å². The largest absolute Gasteiger partial charge is 0.379 e. The van der Waals surface area contributed by atoms with Crippen molar-refractivity contribution in [3.63, 3.8) is 0 Å². The molecule has 6 heteroatoms. The Morgan fingerprint density at radius 1 is 1.35 bits per heavy atom. The molecule has 3 rings (SSSR count). The highest BCUT2D eigenvalue weighted by atomic mass is 16.5. The molecular formula is C14H20N4O2. The molecule has 1 saturated heterocycles. The monoisotopic (exact) mass is 276 g/mol. The quantitative estimate of drug-likeness (QED) is 0.895. The Labute approximate surface area is 117 Å². The van der Waals surface area contributed by atoms with E-state index < -0.39 is 0 Å². The van der Waals surface area contributed by atoms with Crippen LogP contribution in [0.4, 0.5) is 0 Å². The zero-order valence-corrected chi connectivity index (χ0v) is 11.8. The second kappa shape index (κ2) is 5.76. The van der Waals surface area contributed by atoms with Crippen molar-refractivity contribution in [2.45, 2.75) is 19.9 Å². The molecule has 1 N–H and O–H groups in total. The first-order valence-corrected chi connectivity index (χ1v) is 7.09. The van der Waals surface area contributed by atoms with Crippen molar-refractivity contribution in [1.29, 1.82) is 0 Å². The smallest absolute Gasteiger partial charge is 0.262 e. The lowest BCUT2D eigenvalue weighted by Gasteiger charge is -2.26. The average molecular weight is 276 g/mol. The number of fused-ring (bicyclic) bond motifs is 1. The molecule has 1 aliphatic heterocycles. The number of aryl methyl sites for hydroxylation is 2. The SMILES string of the molecule is Cc1cc2c(=O)n(CCCN3CCOCC3)cnc2[nH]1. The standard InChI is InChI=1S/C14H20N4O2/c1-11-9-12-13(16-11)15-10-18(14(12)19)4-2-3-17-5-7-20-8-6-17/h9-10,16H,2-8H2,1H3. The first-order valence-electron chi connectivity index (χ1n) is 7.09. The molecule has 2 aromatic rings. The van der Waals surface area contributed by atoms with Crippen LogP contribution in [-0.2, 0) is 11.3 Å². The molecule has 0 saturated carbocycles. The lowest BCUT2D eigenvalue weighted by molar-refractivity contribution is 0.0369. The summed E-state index contributed by atoms with van der Waals surface area (Å²) in [6.45, 7) is 7.26. The second-order valence-corrected chi connectivity index (χ2v) is 5.27. The van der Waals surface area contributed by atoms with E-state index in [0.717, 1.165) is 45.0 Å². The number of H-pyrrole nitrogens is 1. The fourth-order valence-electron chi connectivity index (χ4n) is 2.62. The Hall–Kier alpha value is -1.66. The van der Waals surface area contributed by atoms with Crippen LogP contribution in [0.3, 0.4) is 0 Å². The Balaban J connectivity index is 1.65. The molecule has 3 heterocycles. The molecule has 0 aliphatic carbocycles. The van der Waals surface area contributed by atoms with Gasteiger partial charge >= 0.3 is 0 Å². The Morgan fingerprint density at radius 3 is 2.95 bits per heavy atom. The number of aromatic amines is 1.